The molecule has 8 heteroatoms. The molecule has 8 nitrogen and oxygen atoms in total. The van der Waals surface area contributed by atoms with Gasteiger partial charge in [0, 0.05) is 0 Å². The summed E-state index contributed by atoms with van der Waals surface area (Å²) in [6, 6.07) is 0. The largest absolute Gasteiger partial charge is 0.478 e. The first-order valence-electron chi connectivity index (χ1n) is 9.97. The third kappa shape index (κ3) is 9.13. The highest BCUT2D eigenvalue weighted by atomic mass is 16.6. The van der Waals surface area contributed by atoms with Gasteiger partial charge < -0.3 is 19.7 Å². The summed E-state index contributed by atoms with van der Waals surface area (Å²) in [6.07, 6.45) is -3.57. The first-order chi connectivity index (χ1) is 13.1. The second-order valence-corrected chi connectivity index (χ2v) is 11.6. The number of rotatable bonds is 9. The summed E-state index contributed by atoms with van der Waals surface area (Å²) in [5.41, 5.74) is -2.64. The molecule has 0 spiro atoms. The Balaban J connectivity index is 5.69. The zero-order valence-electron chi connectivity index (χ0n) is 19.9. The first-order valence-corrected chi connectivity index (χ1v) is 9.97. The van der Waals surface area contributed by atoms with E-state index in [9.17, 15) is 29.4 Å². The summed E-state index contributed by atoms with van der Waals surface area (Å²) in [7, 11) is 0. The number of esters is 2. The van der Waals surface area contributed by atoms with Crippen molar-refractivity contribution < 1.29 is 38.9 Å². The molecule has 2 atom stereocenters. The third-order valence-electron chi connectivity index (χ3n) is 4.28. The van der Waals surface area contributed by atoms with Gasteiger partial charge in [-0.05, 0) is 51.4 Å². The Morgan fingerprint density at radius 3 is 1.00 bits per heavy atom. The molecule has 0 rings (SSSR count). The van der Waals surface area contributed by atoms with Crippen molar-refractivity contribution in [3.05, 3.63) is 0 Å². The van der Waals surface area contributed by atoms with Crippen LogP contribution in [0.5, 0.6) is 0 Å². The zero-order chi connectivity index (χ0) is 24.3. The summed E-state index contributed by atoms with van der Waals surface area (Å²) in [5, 5.41) is 19.0. The van der Waals surface area contributed by atoms with Gasteiger partial charge >= 0.3 is 23.9 Å². The van der Waals surface area contributed by atoms with Crippen molar-refractivity contribution in [1.29, 1.82) is 0 Å². The van der Waals surface area contributed by atoms with Gasteiger partial charge in [-0.15, -0.1) is 0 Å². The van der Waals surface area contributed by atoms with Crippen LogP contribution in [0.1, 0.15) is 82.1 Å². The normalized spacial score (nSPS) is 15.1. The standard InChI is InChI=1S/C22H38O8/c1-19(2,3)11-21(7,8)17(27)29-13(15(23)24)14(16(25)26)30-18(28)22(9,10)12-20(4,5)6/h13-14H,11-12H2,1-10H3,(H,23,24)(H,25,26)/t13-,14-/m1/s1. The van der Waals surface area contributed by atoms with Gasteiger partial charge in [0.25, 0.3) is 0 Å². The van der Waals surface area contributed by atoms with Crippen LogP contribution >= 0.6 is 0 Å². The number of hydrogen-bond donors (Lipinski definition) is 2. The van der Waals surface area contributed by atoms with Gasteiger partial charge in [0.2, 0.25) is 12.2 Å². The van der Waals surface area contributed by atoms with Crippen LogP contribution in [0.4, 0.5) is 0 Å². The predicted octanol–water partition coefficient (Wildman–Crippen LogP) is 3.90. The number of carboxylic acids is 2. The van der Waals surface area contributed by atoms with E-state index in [0.717, 1.165) is 0 Å². The SMILES string of the molecule is CC(C)(C)CC(C)(C)C(=O)O[C@@H](C(=O)O)[C@@H](OC(=O)C(C)(C)CC(C)(C)C)C(=O)O. The van der Waals surface area contributed by atoms with Crippen LogP contribution in [0.15, 0.2) is 0 Å². The molecule has 0 fully saturated rings. The fourth-order valence-corrected chi connectivity index (χ4v) is 3.83. The lowest BCUT2D eigenvalue weighted by molar-refractivity contribution is -0.195. The van der Waals surface area contributed by atoms with Crippen LogP contribution in [-0.4, -0.2) is 46.3 Å². The quantitative estimate of drug-likeness (QED) is 0.527. The van der Waals surface area contributed by atoms with E-state index in [-0.39, 0.29) is 10.8 Å². The predicted molar refractivity (Wildman–Crippen MR) is 111 cm³/mol. The molecule has 0 saturated carbocycles. The van der Waals surface area contributed by atoms with Crippen molar-refractivity contribution in [3.8, 4) is 0 Å². The Labute approximate surface area is 179 Å². The van der Waals surface area contributed by atoms with Crippen molar-refractivity contribution in [1.82, 2.24) is 0 Å². The topological polar surface area (TPSA) is 127 Å². The maximum atomic E-state index is 12.6. The fraction of sp³-hybridized carbons (Fsp3) is 0.818. The molecular weight excluding hydrogens is 392 g/mol. The van der Waals surface area contributed by atoms with Crippen molar-refractivity contribution in [2.75, 3.05) is 0 Å². The molecular formula is C22H38O8. The van der Waals surface area contributed by atoms with Crippen LogP contribution < -0.4 is 0 Å². The van der Waals surface area contributed by atoms with Gasteiger partial charge in [0.05, 0.1) is 10.8 Å². The average Bonchev–Trinajstić information content (AvgIpc) is 2.44. The molecule has 0 aromatic heterocycles. The molecule has 0 aliphatic heterocycles. The molecule has 0 aliphatic rings. The van der Waals surface area contributed by atoms with Crippen molar-refractivity contribution in [3.63, 3.8) is 0 Å². The summed E-state index contributed by atoms with van der Waals surface area (Å²) in [4.78, 5) is 48.7. The van der Waals surface area contributed by atoms with Gasteiger partial charge in [-0.2, -0.15) is 0 Å². The van der Waals surface area contributed by atoms with Crippen molar-refractivity contribution in [2.45, 2.75) is 94.3 Å². The smallest absolute Gasteiger partial charge is 0.349 e. The molecule has 0 aromatic carbocycles. The number of aliphatic carboxylic acids is 2. The molecule has 0 bridgehead atoms. The lowest BCUT2D eigenvalue weighted by Crippen LogP contribution is -2.49. The number of carboxylic acid groups (broad SMARTS) is 2. The van der Waals surface area contributed by atoms with Gasteiger partial charge in [-0.1, -0.05) is 41.5 Å². The lowest BCUT2D eigenvalue weighted by atomic mass is 9.76. The number of hydrogen-bond acceptors (Lipinski definition) is 6. The molecule has 174 valence electrons. The van der Waals surface area contributed by atoms with Crippen LogP contribution in [0.2, 0.25) is 0 Å². The summed E-state index contributed by atoms with van der Waals surface area (Å²) in [5.74, 6) is -5.16. The maximum Gasteiger partial charge on any atom is 0.349 e. The average molecular weight is 431 g/mol. The Morgan fingerprint density at radius 1 is 0.600 bits per heavy atom. The van der Waals surface area contributed by atoms with Crippen LogP contribution in [0.3, 0.4) is 0 Å². The van der Waals surface area contributed by atoms with E-state index in [1.807, 2.05) is 41.5 Å². The van der Waals surface area contributed by atoms with E-state index < -0.39 is 46.9 Å². The Hall–Kier alpha value is -2.12. The highest BCUT2D eigenvalue weighted by Gasteiger charge is 2.46. The molecule has 0 radical (unpaired) electrons. The van der Waals surface area contributed by atoms with Gasteiger partial charge in [-0.25, -0.2) is 9.59 Å². The van der Waals surface area contributed by atoms with E-state index in [1.54, 1.807) is 27.7 Å². The fourth-order valence-electron chi connectivity index (χ4n) is 3.83. The second-order valence-electron chi connectivity index (χ2n) is 11.6. The highest BCUT2D eigenvalue weighted by Crippen LogP contribution is 2.36. The highest BCUT2D eigenvalue weighted by molar-refractivity contribution is 5.89. The minimum atomic E-state index is -2.16. The number of ether oxygens (including phenoxy) is 2. The maximum absolute atomic E-state index is 12.6. The molecule has 0 unspecified atom stereocenters. The summed E-state index contributed by atoms with van der Waals surface area (Å²) >= 11 is 0. The molecule has 0 aliphatic carbocycles. The molecule has 30 heavy (non-hydrogen) atoms. The Morgan fingerprint density at radius 2 is 0.833 bits per heavy atom. The first kappa shape index (κ1) is 27.9. The van der Waals surface area contributed by atoms with Gasteiger partial charge in [-0.3, -0.25) is 9.59 Å². The summed E-state index contributed by atoms with van der Waals surface area (Å²) < 4.78 is 10.1. The molecule has 0 saturated heterocycles. The molecule has 0 heterocycles. The van der Waals surface area contributed by atoms with Gasteiger partial charge in [0.1, 0.15) is 0 Å². The third-order valence-corrected chi connectivity index (χ3v) is 4.28. The molecule has 0 amide bonds. The van der Waals surface area contributed by atoms with E-state index in [2.05, 4.69) is 0 Å². The Kier molecular flexibility index (Phi) is 8.69. The zero-order valence-corrected chi connectivity index (χ0v) is 19.9. The second kappa shape index (κ2) is 9.35. The number of carbonyl (C=O) groups is 4. The van der Waals surface area contributed by atoms with Crippen LogP contribution in [-0.2, 0) is 28.7 Å². The Bertz CT molecular complexity index is 604. The lowest BCUT2D eigenvalue weighted by Gasteiger charge is -2.33. The van der Waals surface area contributed by atoms with Crippen LogP contribution in [0.25, 0.3) is 0 Å². The minimum absolute atomic E-state index is 0.253. The van der Waals surface area contributed by atoms with E-state index in [1.165, 1.54) is 0 Å². The number of carbonyl (C=O) groups excluding carboxylic acids is 2. The summed E-state index contributed by atoms with van der Waals surface area (Å²) in [6.45, 7) is 17.8. The van der Waals surface area contributed by atoms with Crippen molar-refractivity contribution in [2.24, 2.45) is 21.7 Å². The van der Waals surface area contributed by atoms with E-state index >= 15 is 0 Å². The monoisotopic (exact) mass is 430 g/mol. The van der Waals surface area contributed by atoms with E-state index in [0.29, 0.717) is 12.8 Å². The van der Waals surface area contributed by atoms with Crippen molar-refractivity contribution >= 4 is 23.9 Å². The minimum Gasteiger partial charge on any atom is -0.478 e. The molecule has 0 aromatic rings. The molecule has 2 N–H and O–H groups in total. The van der Waals surface area contributed by atoms with Crippen LogP contribution in [0, 0.1) is 21.7 Å². The van der Waals surface area contributed by atoms with E-state index in [4.69, 9.17) is 9.47 Å². The van der Waals surface area contributed by atoms with Gasteiger partial charge in [0.15, 0.2) is 0 Å².